The molecule has 0 radical (unpaired) electrons. The molecule has 2 atom stereocenters. The Bertz CT molecular complexity index is 595. The summed E-state index contributed by atoms with van der Waals surface area (Å²) < 4.78 is 11.5. The van der Waals surface area contributed by atoms with Gasteiger partial charge >= 0.3 is 0 Å². The van der Waals surface area contributed by atoms with E-state index in [2.05, 4.69) is 29.6 Å². The van der Waals surface area contributed by atoms with Crippen molar-refractivity contribution in [3.05, 3.63) is 34.5 Å². The summed E-state index contributed by atoms with van der Waals surface area (Å²) in [6.07, 6.45) is 5.94. The van der Waals surface area contributed by atoms with E-state index in [0.29, 0.717) is 6.42 Å². The van der Waals surface area contributed by atoms with E-state index in [9.17, 15) is 9.35 Å². The maximum absolute atomic E-state index is 11.5. The third-order valence-electron chi connectivity index (χ3n) is 3.62. The first kappa shape index (κ1) is 18.5. The Labute approximate surface area is 147 Å². The third kappa shape index (κ3) is 5.61. The molecule has 7 heteroatoms. The lowest BCUT2D eigenvalue weighted by atomic mass is 10.1. The summed E-state index contributed by atoms with van der Waals surface area (Å²) in [4.78, 5) is 15.4. The molecule has 1 amide bonds. The van der Waals surface area contributed by atoms with E-state index in [1.54, 1.807) is 16.8 Å². The number of carbonyl (C=O) groups excluding carboxylic acids is 1. The van der Waals surface area contributed by atoms with Crippen LogP contribution in [-0.4, -0.2) is 27.2 Å². The highest BCUT2D eigenvalue weighted by Gasteiger charge is 2.26. The summed E-state index contributed by atoms with van der Waals surface area (Å²) in [6, 6.07) is 8.56. The van der Waals surface area contributed by atoms with Gasteiger partial charge in [-0.1, -0.05) is 12.5 Å². The van der Waals surface area contributed by atoms with Gasteiger partial charge in [0.15, 0.2) is 5.25 Å². The number of unbranched alkanes of at least 4 members (excludes halogenated alkanes) is 2. The Morgan fingerprint density at radius 2 is 2.13 bits per heavy atom. The molecule has 126 valence electrons. The summed E-state index contributed by atoms with van der Waals surface area (Å²) in [7, 11) is 0. The molecule has 0 bridgehead atoms. The molecular formula is C16H21NO3S3. The van der Waals surface area contributed by atoms with Crippen LogP contribution in [0.15, 0.2) is 29.6 Å². The lowest BCUT2D eigenvalue weighted by molar-refractivity contribution is -0.128. The molecule has 2 N–H and O–H groups in total. The first-order valence-corrected chi connectivity index (χ1v) is 10.8. The highest BCUT2D eigenvalue weighted by Crippen LogP contribution is 2.32. The first-order chi connectivity index (χ1) is 11.1. The van der Waals surface area contributed by atoms with E-state index < -0.39 is 22.3 Å². The molecule has 23 heavy (non-hydrogen) atoms. The monoisotopic (exact) mass is 371 g/mol. The molecule has 0 fully saturated rings. The molecule has 2 aromatic heterocycles. The van der Waals surface area contributed by atoms with Gasteiger partial charge in [0.05, 0.1) is 6.26 Å². The number of hydroxylamine groups is 1. The number of hydrogen-bond donors (Lipinski definition) is 2. The minimum absolute atomic E-state index is 0.542. The van der Waals surface area contributed by atoms with Crippen molar-refractivity contribution in [2.45, 2.75) is 37.4 Å². The number of hydrogen-bond acceptors (Lipinski definition) is 5. The first-order valence-electron chi connectivity index (χ1n) is 7.50. The van der Waals surface area contributed by atoms with Crippen molar-refractivity contribution in [3.63, 3.8) is 0 Å². The Kier molecular flexibility index (Phi) is 7.58. The van der Waals surface area contributed by atoms with Crippen LogP contribution in [0.1, 0.15) is 30.6 Å². The summed E-state index contributed by atoms with van der Waals surface area (Å²) >= 11 is 2.33. The predicted octanol–water partition coefficient (Wildman–Crippen LogP) is 3.83. The molecule has 4 nitrogen and oxygen atoms in total. The molecule has 0 aliphatic heterocycles. The standard InChI is InChI=1S/C16H21NO3S3/c1-23(20)15(16(18)17-19)8-4-2-3-6-12-9-10-14(22-12)13-7-5-11-21-13/h5,7,9-11,15,19H,2-4,6,8H2,1H3,(H,17,18). The van der Waals surface area contributed by atoms with Gasteiger partial charge in [0.2, 0.25) is 0 Å². The van der Waals surface area contributed by atoms with Crippen molar-refractivity contribution < 1.29 is 14.6 Å². The van der Waals surface area contributed by atoms with E-state index in [1.165, 1.54) is 20.9 Å². The zero-order chi connectivity index (χ0) is 16.7. The number of thiophene rings is 2. The second-order valence-electron chi connectivity index (χ2n) is 5.31. The number of aryl methyl sites for hydroxylation is 1. The topological polar surface area (TPSA) is 72.4 Å². The maximum Gasteiger partial charge on any atom is 0.296 e. The van der Waals surface area contributed by atoms with E-state index in [1.807, 2.05) is 11.3 Å². The van der Waals surface area contributed by atoms with Crippen molar-refractivity contribution in [1.29, 1.82) is 0 Å². The van der Waals surface area contributed by atoms with Gasteiger partial charge in [-0.25, -0.2) is 5.48 Å². The van der Waals surface area contributed by atoms with Crippen LogP contribution in [0.25, 0.3) is 9.75 Å². The van der Waals surface area contributed by atoms with E-state index in [0.717, 1.165) is 25.7 Å². The average molecular weight is 372 g/mol. The fraction of sp³-hybridized carbons (Fsp3) is 0.438. The highest BCUT2D eigenvalue weighted by molar-refractivity contribution is 7.92. The summed E-state index contributed by atoms with van der Waals surface area (Å²) in [5.41, 5.74) is 1.60. The van der Waals surface area contributed by atoms with Crippen LogP contribution in [-0.2, 0) is 22.4 Å². The van der Waals surface area contributed by atoms with Crippen LogP contribution in [0.5, 0.6) is 0 Å². The van der Waals surface area contributed by atoms with Crippen molar-refractivity contribution in [2.24, 2.45) is 0 Å². The van der Waals surface area contributed by atoms with E-state index in [4.69, 9.17) is 5.21 Å². The summed E-state index contributed by atoms with van der Waals surface area (Å²) in [5.74, 6) is -0.551. The van der Waals surface area contributed by atoms with Crippen LogP contribution < -0.4 is 5.48 Å². The predicted molar refractivity (Wildman–Crippen MR) is 97.6 cm³/mol. The van der Waals surface area contributed by atoms with E-state index in [-0.39, 0.29) is 0 Å². The van der Waals surface area contributed by atoms with Crippen molar-refractivity contribution in [1.82, 2.24) is 5.48 Å². The summed E-state index contributed by atoms with van der Waals surface area (Å²) in [6.45, 7) is 0. The quantitative estimate of drug-likeness (QED) is 0.304. The number of nitrogens with one attached hydrogen (secondary N) is 1. The lowest BCUT2D eigenvalue weighted by Gasteiger charge is -2.16. The Morgan fingerprint density at radius 3 is 2.78 bits per heavy atom. The molecule has 2 heterocycles. The molecule has 2 aromatic rings. The van der Waals surface area contributed by atoms with Crippen molar-refractivity contribution in [2.75, 3.05) is 6.26 Å². The second kappa shape index (κ2) is 9.44. The van der Waals surface area contributed by atoms with Gasteiger partial charge in [-0.3, -0.25) is 10.0 Å². The zero-order valence-corrected chi connectivity index (χ0v) is 15.4. The fourth-order valence-electron chi connectivity index (χ4n) is 2.39. The van der Waals surface area contributed by atoms with Crippen molar-refractivity contribution >= 4 is 39.8 Å². The maximum atomic E-state index is 11.5. The largest absolute Gasteiger partial charge is 0.616 e. The van der Waals surface area contributed by atoms with Crippen molar-refractivity contribution in [3.8, 4) is 9.75 Å². The minimum Gasteiger partial charge on any atom is -0.616 e. The molecule has 0 saturated carbocycles. The SMILES string of the molecule is C[S+]([O-])C(CCCCCc1ccc(-c2cccs2)s1)C(=O)NO. The number of amides is 1. The Balaban J connectivity index is 1.70. The Hall–Kier alpha value is -0.860. The van der Waals surface area contributed by atoms with Gasteiger partial charge in [0, 0.05) is 21.1 Å². The number of rotatable bonds is 9. The smallest absolute Gasteiger partial charge is 0.296 e. The fourth-order valence-corrected chi connectivity index (χ4v) is 5.13. The third-order valence-corrected chi connectivity index (χ3v) is 7.08. The van der Waals surface area contributed by atoms with Crippen LogP contribution >= 0.6 is 22.7 Å². The highest BCUT2D eigenvalue weighted by atomic mass is 32.2. The van der Waals surface area contributed by atoms with Gasteiger partial charge in [-0.05, 0) is 54.0 Å². The summed E-state index contributed by atoms with van der Waals surface area (Å²) in [5, 5.41) is 10.1. The molecule has 0 spiro atoms. The van der Waals surface area contributed by atoms with E-state index >= 15 is 0 Å². The lowest BCUT2D eigenvalue weighted by Crippen LogP contribution is -2.37. The molecule has 0 aromatic carbocycles. The van der Waals surface area contributed by atoms with Gasteiger partial charge in [0.1, 0.15) is 0 Å². The average Bonchev–Trinajstić information content (AvgIpc) is 3.20. The van der Waals surface area contributed by atoms with Gasteiger partial charge in [-0.15, -0.1) is 22.7 Å². The van der Waals surface area contributed by atoms with Crippen LogP contribution in [0.2, 0.25) is 0 Å². The normalized spacial score (nSPS) is 13.7. The van der Waals surface area contributed by atoms with Gasteiger partial charge in [0.25, 0.3) is 5.91 Å². The van der Waals surface area contributed by atoms with Gasteiger partial charge in [-0.2, -0.15) is 0 Å². The molecule has 2 rings (SSSR count). The van der Waals surface area contributed by atoms with Crippen LogP contribution in [0.3, 0.4) is 0 Å². The molecule has 2 unspecified atom stereocenters. The molecule has 0 aliphatic carbocycles. The molecule has 0 saturated heterocycles. The second-order valence-corrected chi connectivity index (χ2v) is 8.99. The zero-order valence-electron chi connectivity index (χ0n) is 13.0. The Morgan fingerprint density at radius 1 is 1.30 bits per heavy atom. The van der Waals surface area contributed by atoms with Gasteiger partial charge < -0.3 is 4.55 Å². The molecule has 0 aliphatic rings. The minimum atomic E-state index is -1.26. The van der Waals surface area contributed by atoms with Crippen LogP contribution in [0.4, 0.5) is 0 Å². The molecular weight excluding hydrogens is 350 g/mol. The van der Waals surface area contributed by atoms with Crippen LogP contribution in [0, 0.1) is 0 Å². The number of carbonyl (C=O) groups is 1.